The Morgan fingerprint density at radius 2 is 0.608 bits per heavy atom. The van der Waals surface area contributed by atoms with E-state index in [1.54, 1.807) is 96.5 Å². The van der Waals surface area contributed by atoms with Crippen LogP contribution in [0.2, 0.25) is 0 Å². The molecule has 0 bridgehead atoms. The summed E-state index contributed by atoms with van der Waals surface area (Å²) >= 11 is 0. The minimum atomic E-state index is 0.0333. The van der Waals surface area contributed by atoms with E-state index in [1.165, 1.54) is 32.1 Å². The Morgan fingerprint density at radius 1 is 0.266 bits per heavy atom. The molecule has 2 aliphatic heterocycles. The Hall–Kier alpha value is -14.1. The third-order valence-electron chi connectivity index (χ3n) is 23.2. The van der Waals surface area contributed by atoms with Crippen molar-refractivity contribution in [1.29, 1.82) is 0 Å². The molecule has 2 fully saturated rings. The lowest BCUT2D eigenvalue weighted by molar-refractivity contribution is 0.436. The molecule has 2 saturated heterocycles. The van der Waals surface area contributed by atoms with E-state index in [1.807, 2.05) is 186 Å². The highest BCUT2D eigenvalue weighted by Crippen LogP contribution is 2.30. The molecule has 0 aromatic carbocycles. The Bertz CT molecular complexity index is 5960. The number of piperidine rings is 2. The van der Waals surface area contributed by atoms with Crippen molar-refractivity contribution < 1.29 is 0 Å². The molecule has 33 heteroatoms. The fourth-order valence-electron chi connectivity index (χ4n) is 13.8. The first-order valence-electron chi connectivity index (χ1n) is 49.1. The van der Waals surface area contributed by atoms with Crippen molar-refractivity contribution in [1.82, 2.24) is 152 Å². The van der Waals surface area contributed by atoms with Crippen molar-refractivity contribution in [3.63, 3.8) is 0 Å². The Kier molecular flexibility index (Phi) is 37.3. The van der Waals surface area contributed by atoms with Gasteiger partial charge in [0.25, 0.3) is 0 Å². The van der Waals surface area contributed by atoms with Crippen LogP contribution in [0.5, 0.6) is 0 Å². The van der Waals surface area contributed by atoms with Gasteiger partial charge in [-0.2, -0.15) is 10.2 Å². The van der Waals surface area contributed by atoms with Crippen LogP contribution in [0, 0.1) is 33.6 Å². The van der Waals surface area contributed by atoms with E-state index in [4.69, 9.17) is 0 Å². The molecule has 16 aromatic rings. The number of aryl methyl sites for hydroxylation is 4. The molecule has 1 unspecified atom stereocenters. The van der Waals surface area contributed by atoms with E-state index in [0.29, 0.717) is 6.04 Å². The summed E-state index contributed by atoms with van der Waals surface area (Å²) in [5, 5.41) is 8.48. The fraction of sp³-hybridized carbons (Fsp3) is 0.473. The van der Waals surface area contributed by atoms with Gasteiger partial charge in [-0.15, -0.1) is 0 Å². The SMILES string of the molecule is CC(C)(C)c1cnc(-n2cccc2)cn1.CC(C)(C)c1cnc(-n2ccnc2)cn1.CC(C)(C)c1cnc(-n2ccnc2)cn1.CC1CCCCN1c1cnc(C(C)(C)C)cn1.CC1CCN(c2cnc(C(C)(C)C)cn2)CC1.Cc1ccn(-c2cnc(C(C)(C)C)cn2)n1.Cc1cn(-c2cnc(C(C)(C)C)cn2)cn1.Cc1cnn(-c2cnc(C(C)(C)C)cn2)c1.Cc1nccn1-c1cnc(C(C)(C)C)cn1. The molecule has 0 radical (unpaired) electrons. The van der Waals surface area contributed by atoms with Gasteiger partial charge in [-0.1, -0.05) is 194 Å². The quantitative estimate of drug-likeness (QED) is 0.129. The van der Waals surface area contributed by atoms with Crippen LogP contribution < -0.4 is 9.80 Å². The summed E-state index contributed by atoms with van der Waals surface area (Å²) in [6, 6.07) is 6.48. The monoisotopic (exact) mass is 1940 g/mol. The minimum absolute atomic E-state index is 0.0333. The van der Waals surface area contributed by atoms with E-state index in [9.17, 15) is 0 Å². The summed E-state index contributed by atoms with van der Waals surface area (Å²) in [5.74, 6) is 9.38. The smallest absolute Gasteiger partial charge is 0.171 e. The van der Waals surface area contributed by atoms with E-state index in [2.05, 4.69) is 330 Å². The second-order valence-electron chi connectivity index (χ2n) is 45.5. The molecule has 18 heterocycles. The van der Waals surface area contributed by atoms with Crippen molar-refractivity contribution >= 4 is 11.6 Å². The lowest BCUT2D eigenvalue weighted by Crippen LogP contribution is -2.38. The predicted molar refractivity (Wildman–Crippen MR) is 569 cm³/mol. The third-order valence-corrected chi connectivity index (χ3v) is 23.2. The lowest BCUT2D eigenvalue weighted by atomic mass is 9.93. The van der Waals surface area contributed by atoms with Crippen molar-refractivity contribution in [2.75, 3.05) is 29.4 Å². The number of aromatic nitrogens is 31. The summed E-state index contributed by atoms with van der Waals surface area (Å²) in [7, 11) is 0. The van der Waals surface area contributed by atoms with Crippen LogP contribution in [0.1, 0.15) is 307 Å². The van der Waals surface area contributed by atoms with Gasteiger partial charge in [-0.25, -0.2) is 74.2 Å². The van der Waals surface area contributed by atoms with E-state index in [0.717, 1.165) is 152 Å². The van der Waals surface area contributed by atoms with Gasteiger partial charge in [0.15, 0.2) is 40.7 Å². The fourth-order valence-corrected chi connectivity index (χ4v) is 13.8. The number of hydrogen-bond acceptors (Lipinski definition) is 26. The van der Waals surface area contributed by atoms with Gasteiger partial charge in [0.05, 0.1) is 180 Å². The highest BCUT2D eigenvalue weighted by Gasteiger charge is 2.27. The number of rotatable bonds is 9. The zero-order valence-corrected chi connectivity index (χ0v) is 90.9. The molecule has 0 aliphatic carbocycles. The summed E-state index contributed by atoms with van der Waals surface area (Å²) in [6.45, 7) is 73.4. The van der Waals surface area contributed by atoms with E-state index in [-0.39, 0.29) is 48.7 Å². The maximum atomic E-state index is 4.58. The molecule has 33 nitrogen and oxygen atoms in total. The predicted octanol–water partition coefficient (Wildman–Crippen LogP) is 21.7. The second-order valence-corrected chi connectivity index (χ2v) is 45.5. The van der Waals surface area contributed by atoms with Gasteiger partial charge in [0, 0.05) is 143 Å². The molecule has 0 amide bonds. The molecule has 1 atom stereocenters. The van der Waals surface area contributed by atoms with Crippen LogP contribution in [-0.2, 0) is 48.7 Å². The van der Waals surface area contributed by atoms with Crippen LogP contribution in [0.25, 0.3) is 40.7 Å². The highest BCUT2D eigenvalue weighted by atomic mass is 15.3. The molecule has 16 aromatic heterocycles. The van der Waals surface area contributed by atoms with Crippen LogP contribution in [0.4, 0.5) is 11.6 Å². The summed E-state index contributed by atoms with van der Waals surface area (Å²) < 4.78 is 12.9. The molecular formula is C110H153N33. The molecule has 18 rings (SSSR count). The first kappa shape index (κ1) is 111. The van der Waals surface area contributed by atoms with Gasteiger partial charge in [-0.3, -0.25) is 63.1 Å². The molecule has 0 saturated carbocycles. The summed E-state index contributed by atoms with van der Waals surface area (Å²) in [6.07, 6.45) is 66.7. The summed E-state index contributed by atoms with van der Waals surface area (Å²) in [4.78, 5) is 101. The van der Waals surface area contributed by atoms with Crippen molar-refractivity contribution in [3.05, 3.63) is 297 Å². The minimum Gasteiger partial charge on any atom is -0.355 e. The average Bonchev–Trinajstić information content (AvgIpc) is 1.86. The van der Waals surface area contributed by atoms with Crippen molar-refractivity contribution in [3.8, 4) is 40.7 Å². The largest absolute Gasteiger partial charge is 0.355 e. The Labute approximate surface area is 847 Å². The molecule has 0 spiro atoms. The first-order chi connectivity index (χ1) is 67.0. The van der Waals surface area contributed by atoms with E-state index >= 15 is 0 Å². The molecular weight excluding hydrogens is 1780 g/mol. The van der Waals surface area contributed by atoms with Crippen LogP contribution in [-0.4, -0.2) is 178 Å². The van der Waals surface area contributed by atoms with Gasteiger partial charge in [-0.05, 0) is 96.4 Å². The normalized spacial score (nSPS) is 13.7. The van der Waals surface area contributed by atoms with Gasteiger partial charge < -0.3 is 14.4 Å². The van der Waals surface area contributed by atoms with Gasteiger partial charge in [0.2, 0.25) is 0 Å². The Morgan fingerprint density at radius 3 is 0.902 bits per heavy atom. The maximum Gasteiger partial charge on any atom is 0.171 e. The van der Waals surface area contributed by atoms with Crippen molar-refractivity contribution in [2.24, 2.45) is 5.92 Å². The maximum absolute atomic E-state index is 4.58. The summed E-state index contributed by atoms with van der Waals surface area (Å²) in [5.41, 5.74) is 12.6. The third kappa shape index (κ3) is 33.8. The molecule has 143 heavy (non-hydrogen) atoms. The number of imidazole rings is 4. The molecule has 758 valence electrons. The van der Waals surface area contributed by atoms with Crippen LogP contribution >= 0.6 is 0 Å². The number of nitrogens with zero attached hydrogens (tertiary/aromatic N) is 33. The van der Waals surface area contributed by atoms with Crippen molar-refractivity contribution in [2.45, 2.75) is 315 Å². The standard InChI is InChI=1S/2C14H23N3.4C12H16N4.C12H15N3.2C11H14N4/c1-11-5-7-17(8-6-11)13-10-15-12(9-16-13)14(2,3)4;1-11-7-5-6-8-17(11)13-10-15-12(9-16-13)14(2,3)4;1-9-7-16(8-15-9)11-6-13-10(5-14-11)12(2,3)4;1-9-5-15-16(8-9)11-7-13-10(6-14-11)12(2,3)4;1-9-13-5-6-16(9)11-8-14-10(7-15-11)12(2,3)4;1-9-5-6-16(15-9)11-8-13-10(7-14-11)12(2,3)4;1-12(2,3)10-8-14-11(9-13-10)15-6-4-5-7-15;2*1-11(2,3)9-6-14-10(7-13-9)15-5-4-12-8-15/h2*9-11H,5-8H2,1-4H3;4*5-8H,1-4H3;4-9H,1-3H3;2*4-8H,1-3H3. The van der Waals surface area contributed by atoms with Crippen LogP contribution in [0.3, 0.4) is 0 Å². The zero-order valence-electron chi connectivity index (χ0n) is 90.9. The topological polar surface area (TPSA) is 350 Å². The number of hydrogen-bond donors (Lipinski definition) is 0. The van der Waals surface area contributed by atoms with Gasteiger partial charge in [0.1, 0.15) is 36.4 Å². The Balaban J connectivity index is 0.000000165. The zero-order chi connectivity index (χ0) is 105. The average molecular weight is 1940 g/mol. The second kappa shape index (κ2) is 48.1. The van der Waals surface area contributed by atoms with Gasteiger partial charge >= 0.3 is 0 Å². The first-order valence-corrected chi connectivity index (χ1v) is 49.1. The molecule has 2 aliphatic rings. The van der Waals surface area contributed by atoms with Crippen LogP contribution in [0.15, 0.2) is 223 Å². The molecule has 0 N–H and O–H groups in total. The highest BCUT2D eigenvalue weighted by molar-refractivity contribution is 5.40. The number of anilines is 2. The van der Waals surface area contributed by atoms with E-state index < -0.39 is 0 Å². The lowest BCUT2D eigenvalue weighted by Gasteiger charge is -2.34.